The lowest BCUT2D eigenvalue weighted by Gasteiger charge is -2.12. The predicted octanol–water partition coefficient (Wildman–Crippen LogP) is 4.61. The fourth-order valence-electron chi connectivity index (χ4n) is 4.68. The monoisotopic (exact) mass is 503 g/mol. The van der Waals surface area contributed by atoms with Gasteiger partial charge in [-0.3, -0.25) is 19.3 Å². The van der Waals surface area contributed by atoms with Gasteiger partial charge in [-0.1, -0.05) is 48.5 Å². The standard InChI is InChI=1S/C28H29N3O4S/c32-26(29-17-22-11-7-15-35-22)19-30-18-21(23-12-4-5-13-24(23)30)16-25-27(33)31(28(34)36-25)14-6-10-20-8-2-1-3-9-20/h1-5,8-9,12-13,16,18,22H,6-7,10-11,14-15,17,19H2,(H,29,32)/b25-16-/t22-/m1/s1. The Bertz CT molecular complexity index is 1290. The molecule has 3 amide bonds. The molecule has 186 valence electrons. The van der Waals surface area contributed by atoms with Gasteiger partial charge >= 0.3 is 0 Å². The fourth-order valence-corrected chi connectivity index (χ4v) is 5.54. The van der Waals surface area contributed by atoms with E-state index in [-0.39, 0.29) is 29.7 Å². The van der Waals surface area contributed by atoms with Gasteiger partial charge < -0.3 is 14.6 Å². The number of ether oxygens (including phenoxy) is 1. The van der Waals surface area contributed by atoms with Gasteiger partial charge in [0.05, 0.1) is 11.0 Å². The number of hydrogen-bond donors (Lipinski definition) is 1. The van der Waals surface area contributed by atoms with Crippen LogP contribution < -0.4 is 5.32 Å². The van der Waals surface area contributed by atoms with Crippen molar-refractivity contribution in [1.29, 1.82) is 0 Å². The van der Waals surface area contributed by atoms with Gasteiger partial charge in [0, 0.05) is 42.4 Å². The lowest BCUT2D eigenvalue weighted by atomic mass is 10.1. The lowest BCUT2D eigenvalue weighted by molar-refractivity contribution is -0.123. The number of para-hydroxylation sites is 1. The molecule has 5 rings (SSSR count). The second-order valence-corrected chi connectivity index (χ2v) is 10.1. The minimum atomic E-state index is -0.260. The van der Waals surface area contributed by atoms with E-state index in [1.54, 1.807) is 6.08 Å². The highest BCUT2D eigenvalue weighted by Crippen LogP contribution is 2.34. The van der Waals surface area contributed by atoms with E-state index in [9.17, 15) is 14.4 Å². The molecule has 36 heavy (non-hydrogen) atoms. The smallest absolute Gasteiger partial charge is 0.293 e. The number of imide groups is 1. The topological polar surface area (TPSA) is 80.6 Å². The average molecular weight is 504 g/mol. The molecule has 7 nitrogen and oxygen atoms in total. The van der Waals surface area contributed by atoms with Crippen molar-refractivity contribution in [2.45, 2.75) is 38.3 Å². The quantitative estimate of drug-likeness (QED) is 0.432. The number of nitrogens with one attached hydrogen (secondary N) is 1. The summed E-state index contributed by atoms with van der Waals surface area (Å²) in [7, 11) is 0. The molecular weight excluding hydrogens is 474 g/mol. The van der Waals surface area contributed by atoms with E-state index in [1.165, 1.54) is 10.5 Å². The van der Waals surface area contributed by atoms with Crippen molar-refractivity contribution in [3.8, 4) is 0 Å². The third-order valence-electron chi connectivity index (χ3n) is 6.53. The molecule has 0 bridgehead atoms. The van der Waals surface area contributed by atoms with Crippen LogP contribution in [-0.4, -0.2) is 52.3 Å². The Labute approximate surface area is 214 Å². The second kappa shape index (κ2) is 11.1. The number of benzene rings is 2. The van der Waals surface area contributed by atoms with Crippen molar-refractivity contribution in [1.82, 2.24) is 14.8 Å². The van der Waals surface area contributed by atoms with Crippen molar-refractivity contribution in [2.24, 2.45) is 0 Å². The normalized spacial score (nSPS) is 19.1. The van der Waals surface area contributed by atoms with Crippen LogP contribution in [-0.2, 0) is 27.3 Å². The number of nitrogens with zero attached hydrogens (tertiary/aromatic N) is 2. The van der Waals surface area contributed by atoms with Crippen LogP contribution in [0.25, 0.3) is 17.0 Å². The zero-order valence-electron chi connectivity index (χ0n) is 20.0. The molecule has 2 fully saturated rings. The molecule has 0 saturated carbocycles. The van der Waals surface area contributed by atoms with E-state index in [2.05, 4.69) is 5.32 Å². The number of hydrogen-bond acceptors (Lipinski definition) is 5. The van der Waals surface area contributed by atoms with Crippen molar-refractivity contribution < 1.29 is 19.1 Å². The Balaban J connectivity index is 1.27. The van der Waals surface area contributed by atoms with E-state index in [0.717, 1.165) is 60.5 Å². The summed E-state index contributed by atoms with van der Waals surface area (Å²) in [5, 5.41) is 3.65. The maximum atomic E-state index is 13.0. The number of amides is 3. The molecule has 3 heterocycles. The van der Waals surface area contributed by atoms with Crippen molar-refractivity contribution in [2.75, 3.05) is 19.7 Å². The van der Waals surface area contributed by atoms with Gasteiger partial charge in [-0.05, 0) is 55.2 Å². The number of fused-ring (bicyclic) bond motifs is 1. The summed E-state index contributed by atoms with van der Waals surface area (Å²) in [5.74, 6) is -0.347. The molecule has 2 aliphatic heterocycles. The second-order valence-electron chi connectivity index (χ2n) is 9.09. The molecule has 0 radical (unpaired) electrons. The number of carbonyl (C=O) groups excluding carboxylic acids is 3. The van der Waals surface area contributed by atoms with E-state index in [1.807, 2.05) is 65.4 Å². The SMILES string of the molecule is O=C(Cn1cc(/C=C2\SC(=O)N(CCCc3ccccc3)C2=O)c2ccccc21)NC[C@H]1CCCO1. The first-order valence-corrected chi connectivity index (χ1v) is 13.2. The van der Waals surface area contributed by atoms with Crippen LogP contribution in [0.3, 0.4) is 0 Å². The first-order chi connectivity index (χ1) is 17.6. The van der Waals surface area contributed by atoms with Crippen LogP contribution in [0.1, 0.15) is 30.4 Å². The van der Waals surface area contributed by atoms with Gasteiger partial charge in [-0.2, -0.15) is 0 Å². The summed E-state index contributed by atoms with van der Waals surface area (Å²) in [6, 6.07) is 17.8. The van der Waals surface area contributed by atoms with E-state index < -0.39 is 0 Å². The first kappa shape index (κ1) is 24.3. The number of aromatic nitrogens is 1. The van der Waals surface area contributed by atoms with Crippen LogP contribution >= 0.6 is 11.8 Å². The molecule has 3 aromatic rings. The number of carbonyl (C=O) groups is 3. The van der Waals surface area contributed by atoms with E-state index in [0.29, 0.717) is 18.0 Å². The van der Waals surface area contributed by atoms with Gasteiger partial charge in [-0.25, -0.2) is 0 Å². The first-order valence-electron chi connectivity index (χ1n) is 12.3. The minimum absolute atomic E-state index is 0.0865. The predicted molar refractivity (Wildman–Crippen MR) is 141 cm³/mol. The fraction of sp³-hybridized carbons (Fsp3) is 0.321. The maximum Gasteiger partial charge on any atom is 0.293 e. The third kappa shape index (κ3) is 5.55. The van der Waals surface area contributed by atoms with E-state index >= 15 is 0 Å². The highest BCUT2D eigenvalue weighted by molar-refractivity contribution is 8.18. The van der Waals surface area contributed by atoms with Crippen LogP contribution in [0.15, 0.2) is 65.7 Å². The Hall–Kier alpha value is -3.36. The zero-order chi connectivity index (χ0) is 24.9. The molecule has 1 atom stereocenters. The van der Waals surface area contributed by atoms with Gasteiger partial charge in [0.1, 0.15) is 6.54 Å². The number of aryl methyl sites for hydroxylation is 1. The van der Waals surface area contributed by atoms with Gasteiger partial charge in [0.2, 0.25) is 5.91 Å². The molecule has 2 aliphatic rings. The summed E-state index contributed by atoms with van der Waals surface area (Å²) in [4.78, 5) is 39.9. The molecule has 0 spiro atoms. The van der Waals surface area contributed by atoms with Crippen LogP contribution in [0.2, 0.25) is 0 Å². The Morgan fingerprint density at radius 3 is 2.72 bits per heavy atom. The molecule has 0 unspecified atom stereocenters. The maximum absolute atomic E-state index is 13.0. The molecule has 1 aromatic heterocycles. The summed E-state index contributed by atoms with van der Waals surface area (Å²) in [6.07, 6.45) is 7.27. The summed E-state index contributed by atoms with van der Waals surface area (Å²) in [5.41, 5.74) is 2.90. The summed E-state index contributed by atoms with van der Waals surface area (Å²) >= 11 is 0.973. The van der Waals surface area contributed by atoms with Crippen molar-refractivity contribution in [3.05, 3.63) is 76.8 Å². The summed E-state index contributed by atoms with van der Waals surface area (Å²) < 4.78 is 7.47. The number of rotatable bonds is 9. The molecular formula is C28H29N3O4S. The van der Waals surface area contributed by atoms with E-state index in [4.69, 9.17) is 4.74 Å². The Kier molecular flexibility index (Phi) is 7.53. The van der Waals surface area contributed by atoms with Crippen molar-refractivity contribution >= 4 is 45.8 Å². The molecule has 2 aromatic carbocycles. The molecule has 1 N–H and O–H groups in total. The molecule has 0 aliphatic carbocycles. The lowest BCUT2D eigenvalue weighted by Crippen LogP contribution is -2.34. The Morgan fingerprint density at radius 1 is 1.11 bits per heavy atom. The Morgan fingerprint density at radius 2 is 1.92 bits per heavy atom. The summed E-state index contributed by atoms with van der Waals surface area (Å²) in [6.45, 7) is 1.83. The number of thioether (sulfide) groups is 1. The highest BCUT2D eigenvalue weighted by Gasteiger charge is 2.34. The molecule has 8 heteroatoms. The largest absolute Gasteiger partial charge is 0.376 e. The van der Waals surface area contributed by atoms with Crippen LogP contribution in [0.4, 0.5) is 4.79 Å². The molecule has 2 saturated heterocycles. The minimum Gasteiger partial charge on any atom is -0.376 e. The van der Waals surface area contributed by atoms with Gasteiger partial charge in [0.25, 0.3) is 11.1 Å². The van der Waals surface area contributed by atoms with Crippen LogP contribution in [0.5, 0.6) is 0 Å². The van der Waals surface area contributed by atoms with Crippen molar-refractivity contribution in [3.63, 3.8) is 0 Å². The van der Waals surface area contributed by atoms with Crippen LogP contribution in [0, 0.1) is 0 Å². The van der Waals surface area contributed by atoms with Gasteiger partial charge in [-0.15, -0.1) is 0 Å². The van der Waals surface area contributed by atoms with Gasteiger partial charge in [0.15, 0.2) is 0 Å². The zero-order valence-corrected chi connectivity index (χ0v) is 20.8. The highest BCUT2D eigenvalue weighted by atomic mass is 32.2. The average Bonchev–Trinajstić information content (AvgIpc) is 3.59. The third-order valence-corrected chi connectivity index (χ3v) is 7.44.